The first-order chi connectivity index (χ1) is 19.4. The second-order valence-corrected chi connectivity index (χ2v) is 13.9. The molecule has 5 fully saturated rings. The minimum Gasteiger partial charge on any atom is -0.442 e. The number of ether oxygens (including phenoxy) is 1. The molecule has 2 saturated carbocycles. The molecule has 6 rings (SSSR count). The Morgan fingerprint density at radius 1 is 0.875 bits per heavy atom. The summed E-state index contributed by atoms with van der Waals surface area (Å²) in [6, 6.07) is 6.64. The van der Waals surface area contributed by atoms with Crippen molar-refractivity contribution >= 4 is 12.0 Å². The topological polar surface area (TPSA) is 53.1 Å². The average molecular weight is 550 g/mol. The number of rotatable bonds is 7. The highest BCUT2D eigenvalue weighted by Gasteiger charge is 2.50. The molecule has 6 heteroatoms. The van der Waals surface area contributed by atoms with Crippen LogP contribution in [-0.2, 0) is 4.74 Å². The number of aryl methyl sites for hydroxylation is 2. The van der Waals surface area contributed by atoms with Gasteiger partial charge in [-0.15, -0.1) is 0 Å². The largest absolute Gasteiger partial charge is 0.442 e. The molecular weight excluding hydrogens is 498 g/mol. The van der Waals surface area contributed by atoms with Gasteiger partial charge in [-0.05, 0) is 75.3 Å². The van der Waals surface area contributed by atoms with Gasteiger partial charge in [0.15, 0.2) is 0 Å². The molecule has 0 N–H and O–H groups in total. The Hall–Kier alpha value is -2.08. The van der Waals surface area contributed by atoms with E-state index in [1.807, 2.05) is 32.0 Å². The SMILES string of the molecule is Cc1cccc(C)c1C(=O)N1CCC(N2CCC3(CC2)OC(=O)N(CC2CCCCC2)CC3CCC2CC2)CC1. The van der Waals surface area contributed by atoms with Gasteiger partial charge in [-0.2, -0.15) is 0 Å². The summed E-state index contributed by atoms with van der Waals surface area (Å²) < 4.78 is 6.50. The van der Waals surface area contributed by atoms with Crippen LogP contribution in [-0.4, -0.2) is 77.6 Å². The molecule has 1 aromatic carbocycles. The summed E-state index contributed by atoms with van der Waals surface area (Å²) in [5.41, 5.74) is 2.76. The standard InChI is InChI=1S/C34H51N3O3/c1-25-7-6-8-26(2)31(25)32(38)36-19-15-30(16-20-36)35-21-17-34(18-22-35)29(14-13-27-11-12-27)24-37(33(39)40-34)23-28-9-4-3-5-10-28/h6-8,27-30H,3-5,9-24H2,1-2H3. The Kier molecular flexibility index (Phi) is 8.44. The lowest BCUT2D eigenvalue weighted by Gasteiger charge is -2.52. The Balaban J connectivity index is 1.05. The molecule has 0 bridgehead atoms. The van der Waals surface area contributed by atoms with Crippen molar-refractivity contribution < 1.29 is 14.3 Å². The third-order valence-corrected chi connectivity index (χ3v) is 11.2. The van der Waals surface area contributed by atoms with Crippen molar-refractivity contribution in [2.75, 3.05) is 39.3 Å². The van der Waals surface area contributed by atoms with Crippen LogP contribution in [0.2, 0.25) is 0 Å². The van der Waals surface area contributed by atoms with Crippen molar-refractivity contribution in [1.82, 2.24) is 14.7 Å². The van der Waals surface area contributed by atoms with Crippen molar-refractivity contribution in [2.45, 2.75) is 109 Å². The fraction of sp³-hybridized carbons (Fsp3) is 0.765. The first kappa shape index (κ1) is 28.1. The van der Waals surface area contributed by atoms with Gasteiger partial charge in [0.1, 0.15) is 5.60 Å². The maximum atomic E-state index is 13.3. The van der Waals surface area contributed by atoms with Crippen molar-refractivity contribution in [3.63, 3.8) is 0 Å². The zero-order valence-electron chi connectivity index (χ0n) is 25.0. The van der Waals surface area contributed by atoms with Crippen LogP contribution in [0.4, 0.5) is 4.79 Å². The van der Waals surface area contributed by atoms with E-state index in [9.17, 15) is 9.59 Å². The highest BCUT2D eigenvalue weighted by Crippen LogP contribution is 2.44. The van der Waals surface area contributed by atoms with Crippen molar-refractivity contribution in [2.24, 2.45) is 17.8 Å². The smallest absolute Gasteiger partial charge is 0.410 e. The molecule has 1 atom stereocenters. The molecule has 1 spiro atoms. The Morgan fingerprint density at radius 2 is 1.55 bits per heavy atom. The fourth-order valence-electron chi connectivity index (χ4n) is 8.38. The monoisotopic (exact) mass is 549 g/mol. The summed E-state index contributed by atoms with van der Waals surface area (Å²) in [7, 11) is 0. The first-order valence-electron chi connectivity index (χ1n) is 16.5. The quantitative estimate of drug-likeness (QED) is 0.385. The summed E-state index contributed by atoms with van der Waals surface area (Å²) in [5, 5.41) is 0. The molecule has 3 saturated heterocycles. The van der Waals surface area contributed by atoms with E-state index in [1.165, 1.54) is 57.8 Å². The van der Waals surface area contributed by atoms with E-state index < -0.39 is 0 Å². The molecule has 3 heterocycles. The van der Waals surface area contributed by atoms with Gasteiger partial charge in [-0.25, -0.2) is 4.79 Å². The predicted molar refractivity (Wildman–Crippen MR) is 158 cm³/mol. The number of carbonyl (C=O) groups is 2. The van der Waals surface area contributed by atoms with Crippen LogP contribution in [0.1, 0.15) is 105 Å². The lowest BCUT2D eigenvalue weighted by atomic mass is 9.74. The highest BCUT2D eigenvalue weighted by molar-refractivity contribution is 5.97. The van der Waals surface area contributed by atoms with Gasteiger partial charge in [-0.3, -0.25) is 9.69 Å². The van der Waals surface area contributed by atoms with Gasteiger partial charge in [0.05, 0.1) is 0 Å². The van der Waals surface area contributed by atoms with E-state index >= 15 is 0 Å². The number of carbonyl (C=O) groups excluding carboxylic acids is 2. The first-order valence-corrected chi connectivity index (χ1v) is 16.5. The molecule has 220 valence electrons. The maximum Gasteiger partial charge on any atom is 0.410 e. The van der Waals surface area contributed by atoms with Crippen LogP contribution in [0.3, 0.4) is 0 Å². The second-order valence-electron chi connectivity index (χ2n) is 13.9. The molecule has 2 amide bonds. The van der Waals surface area contributed by atoms with Crippen LogP contribution in [0.15, 0.2) is 18.2 Å². The van der Waals surface area contributed by atoms with Gasteiger partial charge in [0, 0.05) is 69.6 Å². The van der Waals surface area contributed by atoms with Gasteiger partial charge in [-0.1, -0.05) is 50.3 Å². The van der Waals surface area contributed by atoms with E-state index in [-0.39, 0.29) is 17.6 Å². The number of hydrogen-bond donors (Lipinski definition) is 0. The van der Waals surface area contributed by atoms with Crippen LogP contribution in [0, 0.1) is 31.6 Å². The number of amides is 2. The van der Waals surface area contributed by atoms with E-state index in [1.54, 1.807) is 0 Å². The molecule has 1 unspecified atom stereocenters. The average Bonchev–Trinajstić information content (AvgIpc) is 3.80. The zero-order chi connectivity index (χ0) is 27.7. The maximum absolute atomic E-state index is 13.3. The van der Waals surface area contributed by atoms with Gasteiger partial charge in [0.2, 0.25) is 0 Å². The molecule has 40 heavy (non-hydrogen) atoms. The summed E-state index contributed by atoms with van der Waals surface area (Å²) in [5.74, 6) is 2.23. The molecule has 5 aliphatic rings. The third-order valence-electron chi connectivity index (χ3n) is 11.2. The number of piperidine rings is 2. The molecule has 2 aliphatic carbocycles. The zero-order valence-corrected chi connectivity index (χ0v) is 25.0. The van der Waals surface area contributed by atoms with E-state index in [4.69, 9.17) is 4.74 Å². The highest BCUT2D eigenvalue weighted by atomic mass is 16.6. The van der Waals surface area contributed by atoms with Gasteiger partial charge in [0.25, 0.3) is 5.91 Å². The second kappa shape index (κ2) is 12.0. The number of likely N-dealkylation sites (tertiary alicyclic amines) is 2. The molecule has 6 nitrogen and oxygen atoms in total. The van der Waals surface area contributed by atoms with E-state index in [0.29, 0.717) is 17.9 Å². The fourth-order valence-corrected chi connectivity index (χ4v) is 8.38. The Bertz CT molecular complexity index is 1030. The van der Waals surface area contributed by atoms with Crippen molar-refractivity contribution in [1.29, 1.82) is 0 Å². The molecule has 0 aromatic heterocycles. The third kappa shape index (κ3) is 6.07. The molecular formula is C34H51N3O3. The number of benzene rings is 1. The van der Waals surface area contributed by atoms with Crippen LogP contribution in [0.5, 0.6) is 0 Å². The van der Waals surface area contributed by atoms with Gasteiger partial charge < -0.3 is 14.5 Å². The van der Waals surface area contributed by atoms with Gasteiger partial charge >= 0.3 is 6.09 Å². The van der Waals surface area contributed by atoms with Crippen LogP contribution < -0.4 is 0 Å². The van der Waals surface area contributed by atoms with Crippen molar-refractivity contribution in [3.05, 3.63) is 34.9 Å². The minimum absolute atomic E-state index is 0.0417. The van der Waals surface area contributed by atoms with Crippen LogP contribution in [0.25, 0.3) is 0 Å². The lowest BCUT2D eigenvalue weighted by Crippen LogP contribution is -2.61. The van der Waals surface area contributed by atoms with Crippen LogP contribution >= 0.6 is 0 Å². The lowest BCUT2D eigenvalue weighted by molar-refractivity contribution is -0.127. The molecule has 0 radical (unpaired) electrons. The van der Waals surface area contributed by atoms with E-state index in [0.717, 1.165) is 87.6 Å². The normalized spacial score (nSPS) is 26.8. The summed E-state index contributed by atoms with van der Waals surface area (Å²) in [6.45, 7) is 9.56. The summed E-state index contributed by atoms with van der Waals surface area (Å²) in [4.78, 5) is 33.5. The molecule has 1 aromatic rings. The summed E-state index contributed by atoms with van der Waals surface area (Å²) >= 11 is 0. The summed E-state index contributed by atoms with van der Waals surface area (Å²) in [6.07, 6.45) is 15.8. The number of hydrogen-bond acceptors (Lipinski definition) is 4. The minimum atomic E-state index is -0.273. The predicted octanol–water partition coefficient (Wildman–Crippen LogP) is 6.58. The Morgan fingerprint density at radius 3 is 2.20 bits per heavy atom. The number of nitrogens with zero attached hydrogens (tertiary/aromatic N) is 3. The van der Waals surface area contributed by atoms with E-state index in [2.05, 4.69) is 14.7 Å². The van der Waals surface area contributed by atoms with Crippen molar-refractivity contribution in [3.8, 4) is 0 Å². The Labute approximate surface area is 241 Å². The molecule has 3 aliphatic heterocycles.